The van der Waals surface area contributed by atoms with Gasteiger partial charge < -0.3 is 25.5 Å². The summed E-state index contributed by atoms with van der Waals surface area (Å²) >= 11 is 0. The van der Waals surface area contributed by atoms with E-state index in [2.05, 4.69) is 17.0 Å². The monoisotopic (exact) mass is 737 g/mol. The van der Waals surface area contributed by atoms with Crippen molar-refractivity contribution in [2.75, 3.05) is 25.0 Å². The van der Waals surface area contributed by atoms with Crippen LogP contribution in [0.1, 0.15) is 38.3 Å². The van der Waals surface area contributed by atoms with Crippen molar-refractivity contribution in [3.63, 3.8) is 0 Å². The summed E-state index contributed by atoms with van der Waals surface area (Å²) in [6, 6.07) is 17.4. The van der Waals surface area contributed by atoms with Crippen LogP contribution in [0.15, 0.2) is 77.7 Å². The molecule has 3 amide bonds. The number of benzene rings is 3. The number of carboxylic acids is 1. The number of carbonyl (C=O) groups is 3. The molecule has 4 rings (SSSR count). The van der Waals surface area contributed by atoms with Gasteiger partial charge in [-0.1, -0.05) is 24.3 Å². The number of carbonyl (C=O) groups excluding carboxylic acids is 2. The Morgan fingerprint density at radius 1 is 0.961 bits per heavy atom. The highest BCUT2D eigenvalue weighted by atomic mass is 32.2. The maximum atomic E-state index is 14.0. The van der Waals surface area contributed by atoms with Crippen LogP contribution in [0.25, 0.3) is 0 Å². The number of phenols is 2. The molecular formula is C34H42F3N5O8S+2. The van der Waals surface area contributed by atoms with Gasteiger partial charge in [-0.05, 0) is 74.9 Å². The van der Waals surface area contributed by atoms with E-state index < -0.39 is 40.1 Å². The van der Waals surface area contributed by atoms with Gasteiger partial charge in [0.1, 0.15) is 36.0 Å². The van der Waals surface area contributed by atoms with Crippen molar-refractivity contribution >= 4 is 39.3 Å². The van der Waals surface area contributed by atoms with E-state index in [1.54, 1.807) is 44.2 Å². The van der Waals surface area contributed by atoms with Gasteiger partial charge >= 0.3 is 18.2 Å². The van der Waals surface area contributed by atoms with E-state index in [1.807, 2.05) is 6.07 Å². The lowest BCUT2D eigenvalue weighted by atomic mass is 10.0. The number of urea groups is 1. The fourth-order valence-corrected chi connectivity index (χ4v) is 6.88. The zero-order chi connectivity index (χ0) is 38.1. The van der Waals surface area contributed by atoms with Crippen LogP contribution < -0.4 is 15.8 Å². The molecule has 3 aromatic carbocycles. The minimum Gasteiger partial charge on any atom is -0.508 e. The Balaban J connectivity index is 0.000000908. The van der Waals surface area contributed by atoms with E-state index in [9.17, 15) is 41.4 Å². The number of carboxylic acid groups (broad SMARTS) is 1. The number of anilines is 1. The molecule has 17 heteroatoms. The maximum Gasteiger partial charge on any atom is 0.496 e. The van der Waals surface area contributed by atoms with E-state index in [1.165, 1.54) is 41.0 Å². The first-order valence-electron chi connectivity index (χ1n) is 15.8. The largest absolute Gasteiger partial charge is 0.508 e. The number of nitrogens with zero attached hydrogens (tertiary/aromatic N) is 2. The normalized spacial score (nSPS) is 17.6. The SMILES string of the molecule is CC[N+]1(Cc2cccc(O)c2)CC/C(=[N+](\C(=O)Nc2ccc(S(=O)(=O)NC(C)C)cc2)[C@@H](Cc2ccc(O)cc2)C(N)=O)C1.O=C(O)C(F)(F)F. The third-order valence-corrected chi connectivity index (χ3v) is 9.78. The number of quaternary nitrogens is 1. The Bertz CT molecular complexity index is 1850. The summed E-state index contributed by atoms with van der Waals surface area (Å²) in [6.45, 7) is 8.11. The lowest BCUT2D eigenvalue weighted by molar-refractivity contribution is -0.924. The second kappa shape index (κ2) is 16.8. The van der Waals surface area contributed by atoms with Crippen LogP contribution in [0.2, 0.25) is 0 Å². The number of sulfonamides is 1. The Morgan fingerprint density at radius 2 is 1.57 bits per heavy atom. The van der Waals surface area contributed by atoms with Gasteiger partial charge in [-0.15, -0.1) is 0 Å². The van der Waals surface area contributed by atoms with Crippen LogP contribution >= 0.6 is 0 Å². The van der Waals surface area contributed by atoms with Crippen LogP contribution in [-0.2, 0) is 32.6 Å². The highest BCUT2D eigenvalue weighted by Gasteiger charge is 2.43. The number of alkyl halides is 3. The molecule has 13 nitrogen and oxygen atoms in total. The lowest BCUT2D eigenvalue weighted by Crippen LogP contribution is -2.50. The van der Waals surface area contributed by atoms with Gasteiger partial charge in [-0.25, -0.2) is 23.3 Å². The van der Waals surface area contributed by atoms with E-state index in [0.29, 0.717) is 41.8 Å². The molecule has 1 fully saturated rings. The minimum absolute atomic E-state index is 0.0607. The first-order valence-corrected chi connectivity index (χ1v) is 17.3. The smallest absolute Gasteiger partial charge is 0.496 e. The van der Waals surface area contributed by atoms with Gasteiger partial charge in [-0.2, -0.15) is 22.5 Å². The highest BCUT2D eigenvalue weighted by Crippen LogP contribution is 2.25. The molecule has 0 aliphatic carbocycles. The molecule has 1 unspecified atom stereocenters. The third kappa shape index (κ3) is 11.5. The molecule has 7 N–H and O–H groups in total. The topological polar surface area (TPSA) is 199 Å². The molecule has 0 radical (unpaired) electrons. The Labute approximate surface area is 293 Å². The fraction of sp³-hybridized carbons (Fsp3) is 0.353. The summed E-state index contributed by atoms with van der Waals surface area (Å²) in [7, 11) is -3.71. The zero-order valence-electron chi connectivity index (χ0n) is 28.2. The molecule has 0 aromatic heterocycles. The van der Waals surface area contributed by atoms with Gasteiger partial charge in [0.05, 0.1) is 24.4 Å². The molecule has 0 saturated carbocycles. The number of hydrogen-bond acceptors (Lipinski definition) is 7. The number of halogens is 3. The number of rotatable bonds is 11. The van der Waals surface area contributed by atoms with E-state index >= 15 is 0 Å². The number of aromatic hydroxyl groups is 2. The number of nitrogens with two attached hydrogens (primary N) is 1. The molecule has 0 spiro atoms. The molecule has 2 atom stereocenters. The quantitative estimate of drug-likeness (QED) is 0.126. The second-order valence-corrected chi connectivity index (χ2v) is 14.1. The Hall–Kier alpha value is -5.00. The molecule has 51 heavy (non-hydrogen) atoms. The van der Waals surface area contributed by atoms with E-state index in [-0.39, 0.29) is 28.9 Å². The van der Waals surface area contributed by atoms with Gasteiger partial charge in [-0.3, -0.25) is 4.79 Å². The standard InChI is InChI=1S/C32H39N5O6S.C2HF3O2/c1-4-37(20-24-6-5-7-28(39)18-24)17-16-26(21-37)36(30(31(33)40)19-23-8-12-27(38)13-9-23)32(41)34-25-10-14-29(15-11-25)44(42,43)35-22(2)3;3-2(4,5)1(6)7/h5-15,18,22,30,35H,4,16-17,19-21H2,1-3H3,(H3-2,33,34,38,39,40,41);(H,6,7)/p+2/b36-26+;/t30-,37?;/m0./s1. The van der Waals surface area contributed by atoms with Crippen molar-refractivity contribution in [3.8, 4) is 11.5 Å². The number of aliphatic carboxylic acids is 1. The summed E-state index contributed by atoms with van der Waals surface area (Å²) in [5.41, 5.74) is 8.70. The molecule has 1 heterocycles. The van der Waals surface area contributed by atoms with Crippen LogP contribution in [0, 0.1) is 0 Å². The number of likely N-dealkylation sites (tertiary alicyclic amines) is 1. The Kier molecular flexibility index (Phi) is 13.3. The van der Waals surface area contributed by atoms with Gasteiger partial charge in [0.15, 0.2) is 6.04 Å². The molecule has 1 aliphatic rings. The van der Waals surface area contributed by atoms with Crippen LogP contribution in [0.4, 0.5) is 23.7 Å². The van der Waals surface area contributed by atoms with E-state index in [0.717, 1.165) is 17.8 Å². The van der Waals surface area contributed by atoms with Crippen molar-refractivity contribution in [2.45, 2.75) is 63.3 Å². The summed E-state index contributed by atoms with van der Waals surface area (Å²) < 4.78 is 61.4. The lowest BCUT2D eigenvalue weighted by Gasteiger charge is -2.32. The van der Waals surface area contributed by atoms with Crippen molar-refractivity contribution in [1.82, 2.24) is 4.72 Å². The predicted octanol–water partition coefficient (Wildman–Crippen LogP) is 3.94. The van der Waals surface area contributed by atoms with Crippen molar-refractivity contribution in [3.05, 3.63) is 83.9 Å². The average molecular weight is 738 g/mol. The first kappa shape index (κ1) is 40.4. The molecule has 1 saturated heterocycles. The Morgan fingerprint density at radius 3 is 2.08 bits per heavy atom. The van der Waals surface area contributed by atoms with Crippen molar-refractivity contribution in [2.24, 2.45) is 5.73 Å². The number of amides is 3. The zero-order valence-corrected chi connectivity index (χ0v) is 29.0. The van der Waals surface area contributed by atoms with Gasteiger partial charge in [0.25, 0.3) is 5.91 Å². The average Bonchev–Trinajstić information content (AvgIpc) is 3.44. The summed E-state index contributed by atoms with van der Waals surface area (Å²) in [6.07, 6.45) is -4.42. The maximum absolute atomic E-state index is 14.0. The van der Waals surface area contributed by atoms with Crippen molar-refractivity contribution in [1.29, 1.82) is 0 Å². The molecule has 1 aliphatic heterocycles. The fourth-order valence-electron chi connectivity index (χ4n) is 5.63. The number of hydrogen-bond donors (Lipinski definition) is 6. The predicted molar refractivity (Wildman–Crippen MR) is 182 cm³/mol. The first-order chi connectivity index (χ1) is 23.7. The van der Waals surface area contributed by atoms with Gasteiger partial charge in [0.2, 0.25) is 10.0 Å². The second-order valence-electron chi connectivity index (χ2n) is 12.4. The molecule has 0 bridgehead atoms. The van der Waals surface area contributed by atoms with Crippen molar-refractivity contribution < 1.29 is 60.4 Å². The van der Waals surface area contributed by atoms with Crippen LogP contribution in [0.3, 0.4) is 0 Å². The number of nitrogens with one attached hydrogen (secondary N) is 2. The third-order valence-electron chi connectivity index (χ3n) is 8.11. The summed E-state index contributed by atoms with van der Waals surface area (Å²) in [5, 5.41) is 29.7. The number of phenolic OH excluding ortho intramolecular Hbond substituents is 2. The van der Waals surface area contributed by atoms with E-state index in [4.69, 9.17) is 15.6 Å². The number of primary amides is 1. The minimum atomic E-state index is -5.08. The summed E-state index contributed by atoms with van der Waals surface area (Å²) in [5.74, 6) is -3.18. The molecule has 3 aromatic rings. The van der Waals surface area contributed by atoms with Crippen LogP contribution in [-0.4, -0.2) is 94.3 Å². The summed E-state index contributed by atoms with van der Waals surface area (Å²) in [4.78, 5) is 35.9. The van der Waals surface area contributed by atoms with Crippen LogP contribution in [0.5, 0.6) is 11.5 Å². The van der Waals surface area contributed by atoms with Gasteiger partial charge in [0, 0.05) is 18.0 Å². The molecular weight excluding hydrogens is 695 g/mol. The molecule has 276 valence electrons. The highest BCUT2D eigenvalue weighted by molar-refractivity contribution is 7.89.